The molecule has 0 aliphatic rings. The van der Waals surface area contributed by atoms with Crippen LogP contribution in [0.5, 0.6) is 0 Å². The molecule has 0 saturated heterocycles. The lowest BCUT2D eigenvalue weighted by atomic mass is 9.86. The third-order valence-corrected chi connectivity index (χ3v) is 3.93. The lowest BCUT2D eigenvalue weighted by Crippen LogP contribution is -2.41. The van der Waals surface area contributed by atoms with Crippen molar-refractivity contribution in [2.75, 3.05) is 31.6 Å². The number of nitrogens with one attached hydrogen (secondary N) is 1. The van der Waals surface area contributed by atoms with Gasteiger partial charge < -0.3 is 10.2 Å². The van der Waals surface area contributed by atoms with Crippen LogP contribution in [0.1, 0.15) is 40.0 Å². The van der Waals surface area contributed by atoms with Gasteiger partial charge in [0.2, 0.25) is 0 Å². The Morgan fingerprint density at radius 1 is 1.16 bits per heavy atom. The van der Waals surface area contributed by atoms with Gasteiger partial charge in [0.1, 0.15) is 0 Å². The highest BCUT2D eigenvalue weighted by Gasteiger charge is 2.24. The van der Waals surface area contributed by atoms with Crippen LogP contribution >= 0.6 is 0 Å². The number of unbranched alkanes of at least 4 members (excludes halogenated alkanes) is 1. The first kappa shape index (κ1) is 16.0. The van der Waals surface area contributed by atoms with E-state index in [1.165, 1.54) is 24.9 Å². The molecule has 1 aromatic rings. The van der Waals surface area contributed by atoms with Crippen LogP contribution in [0, 0.1) is 5.41 Å². The second-order valence-corrected chi connectivity index (χ2v) is 5.81. The van der Waals surface area contributed by atoms with Crippen molar-refractivity contribution in [3.05, 3.63) is 30.3 Å². The average Bonchev–Trinajstić information content (AvgIpc) is 2.45. The van der Waals surface area contributed by atoms with Gasteiger partial charge in [-0.3, -0.25) is 0 Å². The van der Waals surface area contributed by atoms with Crippen molar-refractivity contribution in [3.8, 4) is 0 Å². The summed E-state index contributed by atoms with van der Waals surface area (Å²) in [5, 5.41) is 3.35. The van der Waals surface area contributed by atoms with Gasteiger partial charge in [-0.25, -0.2) is 0 Å². The molecule has 0 radical (unpaired) electrons. The molecule has 0 fully saturated rings. The predicted octanol–water partition coefficient (Wildman–Crippen LogP) is 3.93. The molecule has 19 heavy (non-hydrogen) atoms. The van der Waals surface area contributed by atoms with E-state index in [-0.39, 0.29) is 0 Å². The molecule has 108 valence electrons. The average molecular weight is 262 g/mol. The van der Waals surface area contributed by atoms with Gasteiger partial charge in [0.05, 0.1) is 0 Å². The molecule has 1 unspecified atom stereocenters. The lowest BCUT2D eigenvalue weighted by molar-refractivity contribution is 0.303. The van der Waals surface area contributed by atoms with Gasteiger partial charge in [-0.1, -0.05) is 45.4 Å². The SMILES string of the molecule is CCCCN(CC(C)(CC)CNC)c1ccccc1. The fourth-order valence-electron chi connectivity index (χ4n) is 2.47. The van der Waals surface area contributed by atoms with Crippen molar-refractivity contribution in [2.24, 2.45) is 5.41 Å². The summed E-state index contributed by atoms with van der Waals surface area (Å²) in [4.78, 5) is 2.55. The topological polar surface area (TPSA) is 15.3 Å². The van der Waals surface area contributed by atoms with Crippen molar-refractivity contribution < 1.29 is 0 Å². The summed E-state index contributed by atoms with van der Waals surface area (Å²) >= 11 is 0. The molecule has 0 aliphatic heterocycles. The Bertz CT molecular complexity index is 336. The van der Waals surface area contributed by atoms with E-state index in [0.717, 1.165) is 19.6 Å². The van der Waals surface area contributed by atoms with Crippen molar-refractivity contribution in [1.29, 1.82) is 0 Å². The summed E-state index contributed by atoms with van der Waals surface area (Å²) in [5.74, 6) is 0. The van der Waals surface area contributed by atoms with E-state index in [2.05, 4.69) is 61.3 Å². The Hall–Kier alpha value is -1.02. The van der Waals surface area contributed by atoms with E-state index < -0.39 is 0 Å². The van der Waals surface area contributed by atoms with Gasteiger partial charge >= 0.3 is 0 Å². The van der Waals surface area contributed by atoms with Crippen LogP contribution in [0.25, 0.3) is 0 Å². The zero-order valence-electron chi connectivity index (χ0n) is 13.1. The summed E-state index contributed by atoms with van der Waals surface area (Å²) in [6, 6.07) is 10.8. The predicted molar refractivity (Wildman–Crippen MR) is 85.9 cm³/mol. The van der Waals surface area contributed by atoms with Gasteiger partial charge in [0.15, 0.2) is 0 Å². The summed E-state index contributed by atoms with van der Waals surface area (Å²) < 4.78 is 0. The molecule has 1 aromatic carbocycles. The van der Waals surface area contributed by atoms with Crippen molar-refractivity contribution in [1.82, 2.24) is 5.32 Å². The fraction of sp³-hybridized carbons (Fsp3) is 0.647. The minimum Gasteiger partial charge on any atom is -0.371 e. The van der Waals surface area contributed by atoms with Crippen LogP contribution in [0.4, 0.5) is 5.69 Å². The van der Waals surface area contributed by atoms with Crippen LogP contribution < -0.4 is 10.2 Å². The second-order valence-electron chi connectivity index (χ2n) is 5.81. The minimum absolute atomic E-state index is 0.332. The molecular formula is C17H30N2. The second kappa shape index (κ2) is 8.21. The van der Waals surface area contributed by atoms with Crippen LogP contribution in [0.2, 0.25) is 0 Å². The number of para-hydroxylation sites is 1. The molecular weight excluding hydrogens is 232 g/mol. The number of benzene rings is 1. The van der Waals surface area contributed by atoms with E-state index in [0.29, 0.717) is 5.41 Å². The number of rotatable bonds is 9. The number of hydrogen-bond donors (Lipinski definition) is 1. The van der Waals surface area contributed by atoms with Gasteiger partial charge in [-0.2, -0.15) is 0 Å². The maximum absolute atomic E-state index is 3.35. The zero-order chi connectivity index (χ0) is 14.1. The van der Waals surface area contributed by atoms with E-state index >= 15 is 0 Å². The van der Waals surface area contributed by atoms with Gasteiger partial charge in [-0.05, 0) is 37.4 Å². The zero-order valence-corrected chi connectivity index (χ0v) is 13.1. The Morgan fingerprint density at radius 2 is 1.84 bits per heavy atom. The molecule has 0 aliphatic carbocycles. The Labute approximate surface area is 119 Å². The Balaban J connectivity index is 2.79. The minimum atomic E-state index is 0.332. The molecule has 0 bridgehead atoms. The van der Waals surface area contributed by atoms with Crippen LogP contribution in [-0.2, 0) is 0 Å². The molecule has 0 saturated carbocycles. The standard InChI is InChI=1S/C17H30N2/c1-5-7-13-19(16-11-9-8-10-12-16)15-17(3,6-2)14-18-4/h8-12,18H,5-7,13-15H2,1-4H3. The first-order valence-corrected chi connectivity index (χ1v) is 7.60. The van der Waals surface area contributed by atoms with E-state index in [4.69, 9.17) is 0 Å². The molecule has 1 atom stereocenters. The molecule has 2 nitrogen and oxygen atoms in total. The smallest absolute Gasteiger partial charge is 0.0366 e. The molecule has 0 spiro atoms. The maximum Gasteiger partial charge on any atom is 0.0366 e. The van der Waals surface area contributed by atoms with Crippen molar-refractivity contribution >= 4 is 5.69 Å². The monoisotopic (exact) mass is 262 g/mol. The molecule has 0 amide bonds. The fourth-order valence-corrected chi connectivity index (χ4v) is 2.47. The van der Waals surface area contributed by atoms with Crippen molar-refractivity contribution in [2.45, 2.75) is 40.0 Å². The van der Waals surface area contributed by atoms with Gasteiger partial charge in [0, 0.05) is 25.3 Å². The van der Waals surface area contributed by atoms with E-state index in [9.17, 15) is 0 Å². The summed E-state index contributed by atoms with van der Waals surface area (Å²) in [6.07, 6.45) is 3.70. The molecule has 1 N–H and O–H groups in total. The summed E-state index contributed by atoms with van der Waals surface area (Å²) in [5.41, 5.74) is 1.69. The largest absolute Gasteiger partial charge is 0.371 e. The highest BCUT2D eigenvalue weighted by atomic mass is 15.1. The van der Waals surface area contributed by atoms with Crippen LogP contribution in [0.3, 0.4) is 0 Å². The first-order chi connectivity index (χ1) is 9.15. The molecule has 0 heterocycles. The van der Waals surface area contributed by atoms with E-state index in [1.54, 1.807) is 0 Å². The number of anilines is 1. The molecule has 2 heteroatoms. The highest BCUT2D eigenvalue weighted by Crippen LogP contribution is 2.25. The Kier molecular flexibility index (Phi) is 6.93. The Morgan fingerprint density at radius 3 is 2.37 bits per heavy atom. The number of nitrogens with zero attached hydrogens (tertiary/aromatic N) is 1. The van der Waals surface area contributed by atoms with E-state index in [1.807, 2.05) is 7.05 Å². The molecule has 0 aromatic heterocycles. The third-order valence-electron chi connectivity index (χ3n) is 3.93. The number of hydrogen-bond acceptors (Lipinski definition) is 2. The summed E-state index contributed by atoms with van der Waals surface area (Å²) in [6.45, 7) is 10.3. The molecule has 1 rings (SSSR count). The van der Waals surface area contributed by atoms with Gasteiger partial charge in [0.25, 0.3) is 0 Å². The normalized spacial score (nSPS) is 14.1. The maximum atomic E-state index is 3.35. The quantitative estimate of drug-likeness (QED) is 0.725. The highest BCUT2D eigenvalue weighted by molar-refractivity contribution is 5.46. The van der Waals surface area contributed by atoms with Gasteiger partial charge in [-0.15, -0.1) is 0 Å². The summed E-state index contributed by atoms with van der Waals surface area (Å²) in [7, 11) is 2.05. The lowest BCUT2D eigenvalue weighted by Gasteiger charge is -2.36. The van der Waals surface area contributed by atoms with Crippen molar-refractivity contribution in [3.63, 3.8) is 0 Å². The third kappa shape index (κ3) is 5.23. The van der Waals surface area contributed by atoms with Crippen LogP contribution in [0.15, 0.2) is 30.3 Å². The first-order valence-electron chi connectivity index (χ1n) is 7.60. The van der Waals surface area contributed by atoms with Crippen LogP contribution in [-0.4, -0.2) is 26.7 Å².